The number of carbonyl (C=O) groups is 2. The zero-order valence-corrected chi connectivity index (χ0v) is 23.2. The standard InChI is InChI=1S/C26H33Cl2N3O4S/c1-18-23(28)10-7-11-24(18)31(36(3,34)35)17-25(32)30(16-20-12-14-21(27)15-13-20)19(2)26(33)29-22-8-5-4-6-9-22/h7,10-15,19,22H,4-6,8-9,16-17H2,1-3H3,(H,29,33). The van der Waals surface area contributed by atoms with Gasteiger partial charge in [0.2, 0.25) is 21.8 Å². The molecule has 2 amide bonds. The van der Waals surface area contributed by atoms with Crippen LogP contribution in [0.1, 0.15) is 50.2 Å². The molecule has 0 radical (unpaired) electrons. The molecule has 7 nitrogen and oxygen atoms in total. The quantitative estimate of drug-likeness (QED) is 0.476. The lowest BCUT2D eigenvalue weighted by Crippen LogP contribution is -2.53. The van der Waals surface area contributed by atoms with E-state index in [0.717, 1.165) is 48.2 Å². The first kappa shape index (κ1) is 28.3. The van der Waals surface area contributed by atoms with Gasteiger partial charge in [-0.05, 0) is 62.1 Å². The van der Waals surface area contributed by atoms with Gasteiger partial charge in [0.15, 0.2) is 0 Å². The van der Waals surface area contributed by atoms with Crippen molar-refractivity contribution in [3.05, 3.63) is 63.6 Å². The Morgan fingerprint density at radius 3 is 2.31 bits per heavy atom. The molecule has 1 atom stereocenters. The fourth-order valence-corrected chi connectivity index (χ4v) is 5.59. The van der Waals surface area contributed by atoms with Crippen molar-refractivity contribution in [1.82, 2.24) is 10.2 Å². The number of carbonyl (C=O) groups excluding carboxylic acids is 2. The second-order valence-electron chi connectivity index (χ2n) is 9.32. The maximum absolute atomic E-state index is 13.7. The Kier molecular flexibility index (Phi) is 9.66. The predicted octanol–water partition coefficient (Wildman–Crippen LogP) is 4.93. The van der Waals surface area contributed by atoms with Gasteiger partial charge >= 0.3 is 0 Å². The number of benzene rings is 2. The smallest absolute Gasteiger partial charge is 0.244 e. The second kappa shape index (κ2) is 12.3. The Balaban J connectivity index is 1.89. The Labute approximate surface area is 223 Å². The van der Waals surface area contributed by atoms with Crippen LogP contribution in [0.3, 0.4) is 0 Å². The van der Waals surface area contributed by atoms with E-state index >= 15 is 0 Å². The molecule has 196 valence electrons. The minimum atomic E-state index is -3.82. The summed E-state index contributed by atoms with van der Waals surface area (Å²) in [5.41, 5.74) is 1.64. The molecule has 1 unspecified atom stereocenters. The zero-order valence-electron chi connectivity index (χ0n) is 20.8. The number of nitrogens with one attached hydrogen (secondary N) is 1. The summed E-state index contributed by atoms with van der Waals surface area (Å²) in [7, 11) is -3.82. The van der Waals surface area contributed by atoms with Gasteiger partial charge in [0, 0.05) is 22.6 Å². The topological polar surface area (TPSA) is 86.8 Å². The molecule has 2 aromatic rings. The number of amides is 2. The van der Waals surface area contributed by atoms with Crippen LogP contribution in [0.2, 0.25) is 10.0 Å². The van der Waals surface area contributed by atoms with Crippen molar-refractivity contribution >= 4 is 50.7 Å². The molecule has 0 saturated heterocycles. The normalized spacial score (nSPS) is 15.2. The van der Waals surface area contributed by atoms with Crippen LogP contribution in [0.25, 0.3) is 0 Å². The minimum Gasteiger partial charge on any atom is -0.352 e. The van der Waals surface area contributed by atoms with Gasteiger partial charge in [0.05, 0.1) is 11.9 Å². The number of halogens is 2. The highest BCUT2D eigenvalue weighted by molar-refractivity contribution is 7.92. The Hall–Kier alpha value is -2.29. The fraction of sp³-hybridized carbons (Fsp3) is 0.462. The van der Waals surface area contributed by atoms with Gasteiger partial charge in [-0.25, -0.2) is 8.42 Å². The van der Waals surface area contributed by atoms with Gasteiger partial charge < -0.3 is 10.2 Å². The van der Waals surface area contributed by atoms with Crippen LogP contribution < -0.4 is 9.62 Å². The Morgan fingerprint density at radius 2 is 1.69 bits per heavy atom. The first-order valence-electron chi connectivity index (χ1n) is 12.0. The lowest BCUT2D eigenvalue weighted by atomic mass is 9.95. The summed E-state index contributed by atoms with van der Waals surface area (Å²) in [4.78, 5) is 28.3. The summed E-state index contributed by atoms with van der Waals surface area (Å²) in [5.74, 6) is -0.755. The first-order chi connectivity index (χ1) is 17.0. The van der Waals surface area contributed by atoms with E-state index in [1.54, 1.807) is 56.3 Å². The van der Waals surface area contributed by atoms with Crippen molar-refractivity contribution in [2.75, 3.05) is 17.1 Å². The number of nitrogens with zero attached hydrogens (tertiary/aromatic N) is 2. The van der Waals surface area contributed by atoms with Gasteiger partial charge in [-0.15, -0.1) is 0 Å². The Morgan fingerprint density at radius 1 is 1.06 bits per heavy atom. The molecule has 10 heteroatoms. The molecule has 2 aromatic carbocycles. The van der Waals surface area contributed by atoms with E-state index in [-0.39, 0.29) is 18.5 Å². The maximum atomic E-state index is 13.7. The van der Waals surface area contributed by atoms with Gasteiger partial charge in [0.1, 0.15) is 12.6 Å². The number of anilines is 1. The highest BCUT2D eigenvalue weighted by Crippen LogP contribution is 2.28. The third-order valence-electron chi connectivity index (χ3n) is 6.57. The minimum absolute atomic E-state index is 0.0859. The van der Waals surface area contributed by atoms with Crippen molar-refractivity contribution in [3.8, 4) is 0 Å². The van der Waals surface area contributed by atoms with Crippen LogP contribution in [0.4, 0.5) is 5.69 Å². The number of hydrogen-bond acceptors (Lipinski definition) is 4. The van der Waals surface area contributed by atoms with Crippen LogP contribution >= 0.6 is 23.2 Å². The van der Waals surface area contributed by atoms with Gasteiger partial charge in [-0.1, -0.05) is 60.7 Å². The molecule has 0 aromatic heterocycles. The molecule has 36 heavy (non-hydrogen) atoms. The summed E-state index contributed by atoms with van der Waals surface area (Å²) in [5, 5.41) is 4.03. The van der Waals surface area contributed by atoms with Gasteiger partial charge in [0.25, 0.3) is 0 Å². The van der Waals surface area contributed by atoms with E-state index in [0.29, 0.717) is 21.3 Å². The third kappa shape index (κ3) is 7.37. The van der Waals surface area contributed by atoms with Crippen LogP contribution in [-0.2, 0) is 26.2 Å². The van der Waals surface area contributed by atoms with Crippen LogP contribution in [0, 0.1) is 6.92 Å². The summed E-state index contributed by atoms with van der Waals surface area (Å²) in [6, 6.07) is 11.2. The van der Waals surface area contributed by atoms with Gasteiger partial charge in [-0.3, -0.25) is 13.9 Å². The van der Waals surface area contributed by atoms with E-state index in [2.05, 4.69) is 5.32 Å². The monoisotopic (exact) mass is 553 g/mol. The van der Waals surface area contributed by atoms with E-state index in [9.17, 15) is 18.0 Å². The predicted molar refractivity (Wildman–Crippen MR) is 145 cm³/mol. The molecule has 1 aliphatic carbocycles. The molecule has 3 rings (SSSR count). The highest BCUT2D eigenvalue weighted by atomic mass is 35.5. The summed E-state index contributed by atoms with van der Waals surface area (Å²) in [6.45, 7) is 3.03. The van der Waals surface area contributed by atoms with Crippen molar-refractivity contribution in [2.24, 2.45) is 0 Å². The molecule has 1 saturated carbocycles. The maximum Gasteiger partial charge on any atom is 0.244 e. The lowest BCUT2D eigenvalue weighted by Gasteiger charge is -2.33. The van der Waals surface area contributed by atoms with Crippen LogP contribution in [0.15, 0.2) is 42.5 Å². The molecular weight excluding hydrogens is 521 g/mol. The highest BCUT2D eigenvalue weighted by Gasteiger charge is 2.31. The zero-order chi connectivity index (χ0) is 26.5. The number of rotatable bonds is 9. The average Bonchev–Trinajstić information content (AvgIpc) is 2.83. The molecule has 0 bridgehead atoms. The second-order valence-corrected chi connectivity index (χ2v) is 12.1. The molecule has 1 N–H and O–H groups in total. The SMILES string of the molecule is Cc1c(Cl)cccc1N(CC(=O)N(Cc1ccc(Cl)cc1)C(C)C(=O)NC1CCCCC1)S(C)(=O)=O. The fourth-order valence-electron chi connectivity index (χ4n) is 4.40. The van der Waals surface area contributed by atoms with Crippen molar-refractivity contribution < 1.29 is 18.0 Å². The molecule has 0 heterocycles. The summed E-state index contributed by atoms with van der Waals surface area (Å²) in [6.07, 6.45) is 6.17. The van der Waals surface area contributed by atoms with E-state index in [1.807, 2.05) is 0 Å². The molecule has 0 aliphatic heterocycles. The van der Waals surface area contributed by atoms with Crippen LogP contribution in [-0.4, -0.2) is 50.0 Å². The van der Waals surface area contributed by atoms with Crippen LogP contribution in [0.5, 0.6) is 0 Å². The third-order valence-corrected chi connectivity index (χ3v) is 8.36. The summed E-state index contributed by atoms with van der Waals surface area (Å²) < 4.78 is 26.5. The molecule has 1 aliphatic rings. The van der Waals surface area contributed by atoms with Crippen molar-refractivity contribution in [1.29, 1.82) is 0 Å². The molecule has 0 spiro atoms. The average molecular weight is 555 g/mol. The van der Waals surface area contributed by atoms with E-state index in [4.69, 9.17) is 23.2 Å². The molecule has 1 fully saturated rings. The number of hydrogen-bond donors (Lipinski definition) is 1. The lowest BCUT2D eigenvalue weighted by molar-refractivity contribution is -0.139. The van der Waals surface area contributed by atoms with Crippen molar-refractivity contribution in [2.45, 2.75) is 64.6 Å². The Bertz CT molecular complexity index is 1180. The molecular formula is C26H33Cl2N3O4S. The first-order valence-corrected chi connectivity index (χ1v) is 14.6. The van der Waals surface area contributed by atoms with Crippen molar-refractivity contribution in [3.63, 3.8) is 0 Å². The van der Waals surface area contributed by atoms with Gasteiger partial charge in [-0.2, -0.15) is 0 Å². The summed E-state index contributed by atoms with van der Waals surface area (Å²) >= 11 is 12.2. The van der Waals surface area contributed by atoms with E-state index in [1.165, 1.54) is 4.90 Å². The largest absolute Gasteiger partial charge is 0.352 e. The van der Waals surface area contributed by atoms with E-state index < -0.39 is 28.5 Å². The number of sulfonamides is 1.